The van der Waals surface area contributed by atoms with E-state index >= 15 is 0 Å². The van der Waals surface area contributed by atoms with Crippen LogP contribution < -0.4 is 0 Å². The SMILES string of the molecule is CC(C)N1CCN(C(=O)CN2CCN(C(=O)c3ccccc3Cl)CC2)CC1.CCC. The van der Waals surface area contributed by atoms with Gasteiger partial charge in [0.25, 0.3) is 5.91 Å². The highest BCUT2D eigenvalue weighted by molar-refractivity contribution is 6.33. The minimum absolute atomic E-state index is 0.0311. The molecule has 168 valence electrons. The van der Waals surface area contributed by atoms with Gasteiger partial charge >= 0.3 is 0 Å². The van der Waals surface area contributed by atoms with E-state index in [1.54, 1.807) is 12.1 Å². The Morgan fingerprint density at radius 1 is 0.900 bits per heavy atom. The van der Waals surface area contributed by atoms with Crippen molar-refractivity contribution in [1.29, 1.82) is 0 Å². The van der Waals surface area contributed by atoms with E-state index in [0.717, 1.165) is 26.2 Å². The van der Waals surface area contributed by atoms with Crippen LogP contribution in [0.4, 0.5) is 0 Å². The van der Waals surface area contributed by atoms with Gasteiger partial charge in [-0.15, -0.1) is 0 Å². The monoisotopic (exact) mass is 436 g/mol. The van der Waals surface area contributed by atoms with Gasteiger partial charge in [0.1, 0.15) is 0 Å². The van der Waals surface area contributed by atoms with E-state index in [0.29, 0.717) is 49.4 Å². The Hall–Kier alpha value is -1.63. The second-order valence-electron chi connectivity index (χ2n) is 8.27. The first-order valence-electron chi connectivity index (χ1n) is 11.1. The molecule has 0 saturated carbocycles. The van der Waals surface area contributed by atoms with Crippen molar-refractivity contribution in [2.75, 3.05) is 58.9 Å². The topological polar surface area (TPSA) is 47.1 Å². The number of carbonyl (C=O) groups excluding carboxylic acids is 2. The molecule has 2 fully saturated rings. The van der Waals surface area contributed by atoms with E-state index in [1.165, 1.54) is 6.42 Å². The van der Waals surface area contributed by atoms with Crippen molar-refractivity contribution in [3.05, 3.63) is 34.9 Å². The van der Waals surface area contributed by atoms with E-state index in [1.807, 2.05) is 21.9 Å². The van der Waals surface area contributed by atoms with Gasteiger partial charge in [-0.05, 0) is 26.0 Å². The minimum Gasteiger partial charge on any atom is -0.339 e. The summed E-state index contributed by atoms with van der Waals surface area (Å²) >= 11 is 6.14. The molecule has 2 saturated heterocycles. The highest BCUT2D eigenvalue weighted by atomic mass is 35.5. The average Bonchev–Trinajstić information content (AvgIpc) is 2.75. The fraction of sp³-hybridized carbons (Fsp3) is 0.652. The summed E-state index contributed by atoms with van der Waals surface area (Å²) in [5, 5.41) is 0.487. The number of hydrogen-bond acceptors (Lipinski definition) is 4. The van der Waals surface area contributed by atoms with Crippen molar-refractivity contribution in [3.63, 3.8) is 0 Å². The Kier molecular flexibility index (Phi) is 10.1. The molecule has 0 aromatic heterocycles. The normalized spacial score (nSPS) is 18.2. The number of amides is 2. The van der Waals surface area contributed by atoms with Crippen LogP contribution >= 0.6 is 11.6 Å². The Morgan fingerprint density at radius 3 is 1.97 bits per heavy atom. The summed E-state index contributed by atoms with van der Waals surface area (Å²) in [6, 6.07) is 7.68. The lowest BCUT2D eigenvalue weighted by molar-refractivity contribution is -0.134. The summed E-state index contributed by atoms with van der Waals surface area (Å²) in [6.07, 6.45) is 1.25. The first kappa shape index (κ1) is 24.6. The number of piperazine rings is 2. The molecule has 0 unspecified atom stereocenters. The lowest BCUT2D eigenvalue weighted by Crippen LogP contribution is -2.55. The third kappa shape index (κ3) is 6.96. The summed E-state index contributed by atoms with van der Waals surface area (Å²) in [7, 11) is 0. The highest BCUT2D eigenvalue weighted by Gasteiger charge is 2.27. The van der Waals surface area contributed by atoms with E-state index in [4.69, 9.17) is 11.6 Å². The van der Waals surface area contributed by atoms with Crippen LogP contribution in [-0.4, -0.2) is 96.4 Å². The van der Waals surface area contributed by atoms with Gasteiger partial charge in [-0.1, -0.05) is 44.0 Å². The second-order valence-corrected chi connectivity index (χ2v) is 8.67. The third-order valence-electron chi connectivity index (χ3n) is 5.52. The van der Waals surface area contributed by atoms with Gasteiger partial charge in [-0.25, -0.2) is 0 Å². The maximum Gasteiger partial charge on any atom is 0.255 e. The quantitative estimate of drug-likeness (QED) is 0.727. The molecule has 1 aromatic carbocycles. The summed E-state index contributed by atoms with van der Waals surface area (Å²) in [4.78, 5) is 33.6. The fourth-order valence-electron chi connectivity index (χ4n) is 3.69. The van der Waals surface area contributed by atoms with Crippen LogP contribution in [0.15, 0.2) is 24.3 Å². The molecule has 1 aromatic rings. The first-order valence-corrected chi connectivity index (χ1v) is 11.5. The summed E-state index contributed by atoms with van der Waals surface area (Å²) in [5.74, 6) is 0.167. The van der Waals surface area contributed by atoms with Crippen LogP contribution in [0.2, 0.25) is 5.02 Å². The first-order chi connectivity index (χ1) is 14.4. The molecule has 3 rings (SSSR count). The summed E-state index contributed by atoms with van der Waals surface area (Å²) in [6.45, 7) is 15.3. The molecule has 0 spiro atoms. The molecule has 0 aliphatic carbocycles. The van der Waals surface area contributed by atoms with Crippen LogP contribution in [0.25, 0.3) is 0 Å². The predicted molar refractivity (Wildman–Crippen MR) is 123 cm³/mol. The van der Waals surface area contributed by atoms with Crippen molar-refractivity contribution in [2.24, 2.45) is 0 Å². The summed E-state index contributed by atoms with van der Waals surface area (Å²) in [5.41, 5.74) is 0.548. The fourth-order valence-corrected chi connectivity index (χ4v) is 3.91. The zero-order chi connectivity index (χ0) is 22.1. The maximum atomic E-state index is 12.6. The molecule has 2 heterocycles. The molecule has 2 aliphatic rings. The number of carbonyl (C=O) groups is 2. The Balaban J connectivity index is 0.00000101. The molecule has 30 heavy (non-hydrogen) atoms. The number of benzene rings is 1. The highest BCUT2D eigenvalue weighted by Crippen LogP contribution is 2.18. The van der Waals surface area contributed by atoms with Crippen LogP contribution in [0.1, 0.15) is 44.5 Å². The Morgan fingerprint density at radius 2 is 1.43 bits per heavy atom. The van der Waals surface area contributed by atoms with Gasteiger partial charge in [-0.2, -0.15) is 0 Å². The van der Waals surface area contributed by atoms with Gasteiger partial charge in [-0.3, -0.25) is 19.4 Å². The van der Waals surface area contributed by atoms with Gasteiger partial charge in [0.05, 0.1) is 17.1 Å². The molecule has 2 amide bonds. The van der Waals surface area contributed by atoms with E-state index in [9.17, 15) is 9.59 Å². The molecule has 2 aliphatic heterocycles. The van der Waals surface area contributed by atoms with Crippen molar-refractivity contribution in [3.8, 4) is 0 Å². The van der Waals surface area contributed by atoms with Crippen LogP contribution in [0.5, 0.6) is 0 Å². The molecule has 0 atom stereocenters. The van der Waals surface area contributed by atoms with Gasteiger partial charge in [0.2, 0.25) is 5.91 Å². The lowest BCUT2D eigenvalue weighted by Gasteiger charge is -2.39. The minimum atomic E-state index is -0.0311. The Bertz CT molecular complexity index is 682. The van der Waals surface area contributed by atoms with Gasteiger partial charge in [0.15, 0.2) is 0 Å². The van der Waals surface area contributed by atoms with Crippen molar-refractivity contribution >= 4 is 23.4 Å². The molecule has 0 radical (unpaired) electrons. The smallest absolute Gasteiger partial charge is 0.255 e. The molecular weight excluding hydrogens is 400 g/mol. The maximum absolute atomic E-state index is 12.6. The van der Waals surface area contributed by atoms with E-state index in [2.05, 4.69) is 37.5 Å². The zero-order valence-corrected chi connectivity index (χ0v) is 19.7. The van der Waals surface area contributed by atoms with E-state index in [-0.39, 0.29) is 11.8 Å². The Labute approximate surface area is 186 Å². The molecular formula is C23H37ClN4O2. The predicted octanol–water partition coefficient (Wildman–Crippen LogP) is 3.07. The van der Waals surface area contributed by atoms with Crippen LogP contribution in [-0.2, 0) is 4.79 Å². The molecule has 0 bridgehead atoms. The van der Waals surface area contributed by atoms with Crippen molar-refractivity contribution in [1.82, 2.24) is 19.6 Å². The number of hydrogen-bond donors (Lipinski definition) is 0. The average molecular weight is 437 g/mol. The lowest BCUT2D eigenvalue weighted by atomic mass is 10.1. The van der Waals surface area contributed by atoms with Crippen LogP contribution in [0, 0.1) is 0 Å². The summed E-state index contributed by atoms with van der Waals surface area (Å²) < 4.78 is 0. The van der Waals surface area contributed by atoms with Gasteiger partial charge < -0.3 is 9.80 Å². The second kappa shape index (κ2) is 12.3. The van der Waals surface area contributed by atoms with Gasteiger partial charge in [0, 0.05) is 58.4 Å². The van der Waals surface area contributed by atoms with Crippen molar-refractivity contribution < 1.29 is 9.59 Å². The zero-order valence-electron chi connectivity index (χ0n) is 18.9. The standard InChI is InChI=1S/C20H29ClN4O2.C3H8/c1-16(2)23-11-13-24(14-12-23)19(26)15-22-7-9-25(10-8-22)20(27)17-5-3-4-6-18(17)21;1-3-2/h3-6,16H,7-15H2,1-2H3;3H2,1-2H3. The number of halogens is 1. The molecule has 0 N–H and O–H groups in total. The third-order valence-corrected chi connectivity index (χ3v) is 5.85. The number of rotatable bonds is 4. The van der Waals surface area contributed by atoms with Crippen molar-refractivity contribution in [2.45, 2.75) is 40.2 Å². The van der Waals surface area contributed by atoms with E-state index < -0.39 is 0 Å². The molecule has 7 heteroatoms. The van der Waals surface area contributed by atoms with Crippen LogP contribution in [0.3, 0.4) is 0 Å². The molecule has 6 nitrogen and oxygen atoms in total. The largest absolute Gasteiger partial charge is 0.339 e. The number of nitrogens with zero attached hydrogens (tertiary/aromatic N) is 4.